The van der Waals surface area contributed by atoms with Gasteiger partial charge in [-0.25, -0.2) is 4.79 Å². The van der Waals surface area contributed by atoms with Crippen LogP contribution in [-0.2, 0) is 4.79 Å². The van der Waals surface area contributed by atoms with Crippen molar-refractivity contribution in [1.29, 1.82) is 0 Å². The Kier molecular flexibility index (Phi) is 4.92. The first-order valence-electron chi connectivity index (χ1n) is 5.47. The molecule has 1 aromatic carbocycles. The number of hydrogen-bond acceptors (Lipinski definition) is 2. The zero-order chi connectivity index (χ0) is 13.7. The van der Waals surface area contributed by atoms with Crippen LogP contribution in [0.1, 0.15) is 30.6 Å². The van der Waals surface area contributed by atoms with Crippen molar-refractivity contribution in [1.82, 2.24) is 0 Å². The Bertz CT molecular complexity index is 509. The minimum absolute atomic E-state index is 0.0948. The highest BCUT2D eigenvalue weighted by molar-refractivity contribution is 6.34. The number of carboxylic acids is 1. The number of halogens is 1. The largest absolute Gasteiger partial charge is 0.478 e. The first kappa shape index (κ1) is 14.3. The number of allylic oxidation sites excluding steroid dienone is 1. The molecule has 0 aliphatic heterocycles. The van der Waals surface area contributed by atoms with Gasteiger partial charge < -0.3 is 10.4 Å². The second-order valence-electron chi connectivity index (χ2n) is 3.72. The van der Waals surface area contributed by atoms with Gasteiger partial charge in [-0.3, -0.25) is 4.79 Å². The molecule has 96 valence electrons. The van der Waals surface area contributed by atoms with Gasteiger partial charge in [-0.1, -0.05) is 30.7 Å². The zero-order valence-corrected chi connectivity index (χ0v) is 10.9. The molecule has 0 aliphatic carbocycles. The molecule has 1 amide bonds. The number of hydrogen-bond donors (Lipinski definition) is 2. The van der Waals surface area contributed by atoms with Crippen LogP contribution in [0.4, 0.5) is 5.69 Å². The molecule has 1 aromatic rings. The molecule has 0 saturated heterocycles. The van der Waals surface area contributed by atoms with Crippen molar-refractivity contribution in [2.24, 2.45) is 0 Å². The van der Waals surface area contributed by atoms with Gasteiger partial charge in [0.25, 0.3) is 5.91 Å². The quantitative estimate of drug-likeness (QED) is 0.822. The molecule has 4 nitrogen and oxygen atoms in total. The maximum atomic E-state index is 11.8. The molecule has 0 radical (unpaired) electrons. The molecule has 0 spiro atoms. The van der Waals surface area contributed by atoms with Crippen LogP contribution >= 0.6 is 11.6 Å². The van der Waals surface area contributed by atoms with Gasteiger partial charge in [-0.15, -0.1) is 0 Å². The standard InChI is InChI=1S/C13H14ClNO3/c1-3-5-8(2)12(16)15-10-7-4-6-9(14)11(10)13(17)18/h4-7H,3H2,1-2H3,(H,15,16)(H,17,18). The van der Waals surface area contributed by atoms with Gasteiger partial charge in [0.1, 0.15) is 5.56 Å². The molecular formula is C13H14ClNO3. The Balaban J connectivity index is 3.05. The zero-order valence-electron chi connectivity index (χ0n) is 10.2. The Morgan fingerprint density at radius 1 is 1.44 bits per heavy atom. The normalized spacial score (nSPS) is 11.2. The summed E-state index contributed by atoms with van der Waals surface area (Å²) < 4.78 is 0. The number of aromatic carboxylic acids is 1. The monoisotopic (exact) mass is 267 g/mol. The molecule has 0 atom stereocenters. The highest BCUT2D eigenvalue weighted by Gasteiger charge is 2.16. The molecule has 18 heavy (non-hydrogen) atoms. The molecule has 0 aliphatic rings. The van der Waals surface area contributed by atoms with Crippen LogP contribution in [0.15, 0.2) is 29.8 Å². The van der Waals surface area contributed by atoms with Crippen LogP contribution in [0, 0.1) is 0 Å². The molecule has 0 bridgehead atoms. The van der Waals surface area contributed by atoms with Crippen molar-refractivity contribution < 1.29 is 14.7 Å². The van der Waals surface area contributed by atoms with Crippen molar-refractivity contribution in [3.63, 3.8) is 0 Å². The maximum Gasteiger partial charge on any atom is 0.339 e. The lowest BCUT2D eigenvalue weighted by Gasteiger charge is -2.09. The lowest BCUT2D eigenvalue weighted by molar-refractivity contribution is -0.112. The van der Waals surface area contributed by atoms with Crippen LogP contribution in [-0.4, -0.2) is 17.0 Å². The van der Waals surface area contributed by atoms with E-state index in [1.807, 2.05) is 6.92 Å². The number of amides is 1. The topological polar surface area (TPSA) is 66.4 Å². The predicted molar refractivity (Wildman–Crippen MR) is 71.1 cm³/mol. The molecule has 0 heterocycles. The number of carbonyl (C=O) groups excluding carboxylic acids is 1. The van der Waals surface area contributed by atoms with E-state index < -0.39 is 5.97 Å². The fourth-order valence-electron chi connectivity index (χ4n) is 1.47. The van der Waals surface area contributed by atoms with Gasteiger partial charge in [0.2, 0.25) is 0 Å². The maximum absolute atomic E-state index is 11.8. The number of benzene rings is 1. The van der Waals surface area contributed by atoms with E-state index in [-0.39, 0.29) is 22.2 Å². The highest BCUT2D eigenvalue weighted by Crippen LogP contribution is 2.24. The van der Waals surface area contributed by atoms with Gasteiger partial charge in [-0.2, -0.15) is 0 Å². The van der Waals surface area contributed by atoms with Crippen molar-refractivity contribution in [3.05, 3.63) is 40.4 Å². The average molecular weight is 268 g/mol. The van der Waals surface area contributed by atoms with E-state index in [9.17, 15) is 9.59 Å². The molecule has 0 fully saturated rings. The number of carboxylic acid groups (broad SMARTS) is 1. The summed E-state index contributed by atoms with van der Waals surface area (Å²) in [7, 11) is 0. The number of carbonyl (C=O) groups is 2. The minimum atomic E-state index is -1.17. The summed E-state index contributed by atoms with van der Waals surface area (Å²) in [5, 5.41) is 11.7. The van der Waals surface area contributed by atoms with Crippen LogP contribution < -0.4 is 5.32 Å². The van der Waals surface area contributed by atoms with E-state index in [4.69, 9.17) is 16.7 Å². The molecular weight excluding hydrogens is 254 g/mol. The summed E-state index contributed by atoms with van der Waals surface area (Å²) in [5.41, 5.74) is 0.634. The SMILES string of the molecule is CCC=C(C)C(=O)Nc1cccc(Cl)c1C(=O)O. The van der Waals surface area contributed by atoms with Crippen molar-refractivity contribution in [2.75, 3.05) is 5.32 Å². The van der Waals surface area contributed by atoms with Crippen LogP contribution in [0.25, 0.3) is 0 Å². The Labute approximate surface area is 110 Å². The van der Waals surface area contributed by atoms with Gasteiger partial charge in [0.15, 0.2) is 0 Å². The van der Waals surface area contributed by atoms with Crippen LogP contribution in [0.3, 0.4) is 0 Å². The third-order valence-electron chi connectivity index (χ3n) is 2.34. The molecule has 0 saturated carbocycles. The number of nitrogens with one attached hydrogen (secondary N) is 1. The number of anilines is 1. The van der Waals surface area contributed by atoms with Crippen molar-refractivity contribution in [2.45, 2.75) is 20.3 Å². The molecule has 2 N–H and O–H groups in total. The Morgan fingerprint density at radius 3 is 2.67 bits per heavy atom. The minimum Gasteiger partial charge on any atom is -0.478 e. The Hall–Kier alpha value is -1.81. The van der Waals surface area contributed by atoms with Gasteiger partial charge >= 0.3 is 5.97 Å². The fourth-order valence-corrected chi connectivity index (χ4v) is 1.72. The molecule has 0 unspecified atom stereocenters. The van der Waals surface area contributed by atoms with Gasteiger partial charge in [0.05, 0.1) is 10.7 Å². The van der Waals surface area contributed by atoms with Crippen molar-refractivity contribution >= 4 is 29.2 Å². The lowest BCUT2D eigenvalue weighted by atomic mass is 10.1. The number of rotatable bonds is 4. The third-order valence-corrected chi connectivity index (χ3v) is 2.66. The summed E-state index contributed by atoms with van der Waals surface area (Å²) in [4.78, 5) is 22.8. The van der Waals surface area contributed by atoms with E-state index in [0.717, 1.165) is 6.42 Å². The first-order valence-corrected chi connectivity index (χ1v) is 5.85. The predicted octanol–water partition coefficient (Wildman–Crippen LogP) is 3.33. The van der Waals surface area contributed by atoms with Crippen LogP contribution in [0.5, 0.6) is 0 Å². The molecule has 5 heteroatoms. The third kappa shape index (κ3) is 3.34. The smallest absolute Gasteiger partial charge is 0.339 e. The average Bonchev–Trinajstić information content (AvgIpc) is 2.28. The summed E-state index contributed by atoms with van der Waals surface area (Å²) in [6.07, 6.45) is 2.50. The van der Waals surface area contributed by atoms with Gasteiger partial charge in [-0.05, 0) is 25.5 Å². The van der Waals surface area contributed by atoms with Crippen molar-refractivity contribution in [3.8, 4) is 0 Å². The van der Waals surface area contributed by atoms with E-state index >= 15 is 0 Å². The summed E-state index contributed by atoms with van der Waals surface area (Å²) >= 11 is 5.80. The second kappa shape index (κ2) is 6.21. The van der Waals surface area contributed by atoms with Crippen LogP contribution in [0.2, 0.25) is 5.02 Å². The Morgan fingerprint density at radius 2 is 2.11 bits per heavy atom. The molecule has 0 aromatic heterocycles. The van der Waals surface area contributed by atoms with E-state index in [1.54, 1.807) is 19.1 Å². The second-order valence-corrected chi connectivity index (χ2v) is 4.12. The van der Waals surface area contributed by atoms with Gasteiger partial charge in [0, 0.05) is 5.57 Å². The first-order chi connectivity index (χ1) is 8.47. The summed E-state index contributed by atoms with van der Waals surface area (Å²) in [5.74, 6) is -1.50. The lowest BCUT2D eigenvalue weighted by Crippen LogP contribution is -2.15. The van der Waals surface area contributed by atoms with E-state index in [2.05, 4.69) is 5.32 Å². The fraction of sp³-hybridized carbons (Fsp3) is 0.231. The summed E-state index contributed by atoms with van der Waals surface area (Å²) in [6.45, 7) is 3.59. The highest BCUT2D eigenvalue weighted by atomic mass is 35.5. The van der Waals surface area contributed by atoms with E-state index in [0.29, 0.717) is 5.57 Å². The molecule has 1 rings (SSSR count). The van der Waals surface area contributed by atoms with E-state index in [1.165, 1.54) is 12.1 Å². The summed E-state index contributed by atoms with van der Waals surface area (Å²) in [6, 6.07) is 4.56.